The van der Waals surface area contributed by atoms with Crippen molar-refractivity contribution in [1.29, 1.82) is 0 Å². The predicted octanol–water partition coefficient (Wildman–Crippen LogP) is 1.31. The van der Waals surface area contributed by atoms with Gasteiger partial charge in [0.15, 0.2) is 5.96 Å². The van der Waals surface area contributed by atoms with Crippen molar-refractivity contribution < 1.29 is 4.74 Å². The van der Waals surface area contributed by atoms with Crippen LogP contribution in [0.3, 0.4) is 0 Å². The van der Waals surface area contributed by atoms with Crippen LogP contribution in [0.4, 0.5) is 0 Å². The number of para-hydroxylation sites is 2. The molecule has 0 bridgehead atoms. The number of fused-ring (bicyclic) bond motifs is 1. The highest BCUT2D eigenvalue weighted by atomic mass is 16.5. The third-order valence-corrected chi connectivity index (χ3v) is 3.00. The standard InChI is InChI=1S/C15H23N5O/c1-3-16-15(18-10-11-21-2)17-9-8-14-19-12-6-4-5-7-13(12)20-14/h4-7H,3,8-11H2,1-2H3,(H,19,20)(H2,16,17,18). The Kier molecular flexibility index (Phi) is 6.02. The van der Waals surface area contributed by atoms with E-state index in [1.165, 1.54) is 0 Å². The zero-order valence-electron chi connectivity index (χ0n) is 12.6. The van der Waals surface area contributed by atoms with Gasteiger partial charge in [-0.05, 0) is 19.1 Å². The molecule has 21 heavy (non-hydrogen) atoms. The van der Waals surface area contributed by atoms with Crippen LogP contribution in [0.25, 0.3) is 11.0 Å². The zero-order chi connectivity index (χ0) is 14.9. The van der Waals surface area contributed by atoms with Gasteiger partial charge in [0.25, 0.3) is 0 Å². The summed E-state index contributed by atoms with van der Waals surface area (Å²) in [6.45, 7) is 4.94. The van der Waals surface area contributed by atoms with Gasteiger partial charge < -0.3 is 20.4 Å². The van der Waals surface area contributed by atoms with Gasteiger partial charge in [0.2, 0.25) is 0 Å². The molecule has 1 heterocycles. The van der Waals surface area contributed by atoms with E-state index in [0.717, 1.165) is 42.3 Å². The number of aromatic nitrogens is 2. The van der Waals surface area contributed by atoms with Crippen molar-refractivity contribution in [2.45, 2.75) is 13.3 Å². The number of nitrogens with one attached hydrogen (secondary N) is 3. The summed E-state index contributed by atoms with van der Waals surface area (Å²) >= 11 is 0. The summed E-state index contributed by atoms with van der Waals surface area (Å²) in [7, 11) is 1.68. The smallest absolute Gasteiger partial charge is 0.191 e. The second kappa shape index (κ2) is 8.26. The fraction of sp³-hybridized carbons (Fsp3) is 0.467. The number of guanidine groups is 1. The molecule has 0 saturated carbocycles. The number of benzene rings is 1. The third-order valence-electron chi connectivity index (χ3n) is 3.00. The van der Waals surface area contributed by atoms with Crippen LogP contribution in [0.15, 0.2) is 29.3 Å². The van der Waals surface area contributed by atoms with E-state index in [1.54, 1.807) is 7.11 Å². The number of methoxy groups -OCH3 is 1. The highest BCUT2D eigenvalue weighted by molar-refractivity contribution is 5.79. The van der Waals surface area contributed by atoms with Crippen molar-refractivity contribution in [3.8, 4) is 0 Å². The summed E-state index contributed by atoms with van der Waals surface area (Å²) in [4.78, 5) is 12.3. The minimum absolute atomic E-state index is 0.625. The average Bonchev–Trinajstić information content (AvgIpc) is 2.90. The van der Waals surface area contributed by atoms with Gasteiger partial charge in [-0.1, -0.05) is 12.1 Å². The first-order valence-electron chi connectivity index (χ1n) is 7.28. The molecule has 6 heteroatoms. The lowest BCUT2D eigenvalue weighted by Gasteiger charge is -2.10. The molecule has 0 saturated heterocycles. The maximum Gasteiger partial charge on any atom is 0.191 e. The molecule has 0 fully saturated rings. The molecule has 0 radical (unpaired) electrons. The Morgan fingerprint density at radius 1 is 1.33 bits per heavy atom. The number of imidazole rings is 1. The molecule has 114 valence electrons. The van der Waals surface area contributed by atoms with Gasteiger partial charge in [-0.25, -0.2) is 4.98 Å². The molecule has 2 aromatic rings. The minimum atomic E-state index is 0.625. The molecule has 0 aliphatic rings. The quantitative estimate of drug-likeness (QED) is 0.408. The summed E-state index contributed by atoms with van der Waals surface area (Å²) in [6, 6.07) is 8.06. The number of rotatable bonds is 7. The van der Waals surface area contributed by atoms with Crippen molar-refractivity contribution in [2.75, 3.05) is 33.4 Å². The van der Waals surface area contributed by atoms with Crippen molar-refractivity contribution >= 4 is 17.0 Å². The SMILES string of the molecule is CCNC(=NCCOC)NCCc1nc2ccccc2[nH]1. The van der Waals surface area contributed by atoms with Crippen LogP contribution < -0.4 is 10.6 Å². The second-order valence-corrected chi connectivity index (χ2v) is 4.63. The predicted molar refractivity (Wildman–Crippen MR) is 85.7 cm³/mol. The van der Waals surface area contributed by atoms with Gasteiger partial charge in [0.05, 0.1) is 24.2 Å². The Balaban J connectivity index is 1.84. The summed E-state index contributed by atoms with van der Waals surface area (Å²) in [5, 5.41) is 6.50. The van der Waals surface area contributed by atoms with Crippen LogP contribution in [0, 0.1) is 0 Å². The van der Waals surface area contributed by atoms with E-state index < -0.39 is 0 Å². The average molecular weight is 289 g/mol. The van der Waals surface area contributed by atoms with E-state index in [1.807, 2.05) is 31.2 Å². The van der Waals surface area contributed by atoms with Crippen LogP contribution in [-0.2, 0) is 11.2 Å². The Labute approximate surface area is 125 Å². The Morgan fingerprint density at radius 3 is 2.95 bits per heavy atom. The fourth-order valence-electron chi connectivity index (χ4n) is 2.01. The molecule has 0 aliphatic heterocycles. The first kappa shape index (κ1) is 15.3. The zero-order valence-corrected chi connectivity index (χ0v) is 12.6. The maximum atomic E-state index is 5.00. The van der Waals surface area contributed by atoms with Crippen molar-refractivity contribution in [1.82, 2.24) is 20.6 Å². The molecule has 0 aliphatic carbocycles. The van der Waals surface area contributed by atoms with E-state index in [-0.39, 0.29) is 0 Å². The lowest BCUT2D eigenvalue weighted by Crippen LogP contribution is -2.38. The normalized spacial score (nSPS) is 11.8. The number of hydrogen-bond acceptors (Lipinski definition) is 3. The van der Waals surface area contributed by atoms with Gasteiger partial charge in [0, 0.05) is 26.6 Å². The fourth-order valence-corrected chi connectivity index (χ4v) is 2.01. The lowest BCUT2D eigenvalue weighted by molar-refractivity contribution is 0.208. The Morgan fingerprint density at radius 2 is 2.19 bits per heavy atom. The first-order chi connectivity index (χ1) is 10.3. The van der Waals surface area contributed by atoms with Gasteiger partial charge >= 0.3 is 0 Å². The second-order valence-electron chi connectivity index (χ2n) is 4.63. The number of H-pyrrole nitrogens is 1. The van der Waals surface area contributed by atoms with Crippen molar-refractivity contribution in [3.05, 3.63) is 30.1 Å². The van der Waals surface area contributed by atoms with Crippen LogP contribution in [-0.4, -0.2) is 49.3 Å². The molecule has 0 spiro atoms. The van der Waals surface area contributed by atoms with Gasteiger partial charge in [0.1, 0.15) is 5.82 Å². The molecular weight excluding hydrogens is 266 g/mol. The number of aliphatic imine (C=N–C) groups is 1. The molecule has 0 unspecified atom stereocenters. The van der Waals surface area contributed by atoms with E-state index in [4.69, 9.17) is 4.74 Å². The summed E-state index contributed by atoms with van der Waals surface area (Å²) in [5.41, 5.74) is 2.08. The first-order valence-corrected chi connectivity index (χ1v) is 7.28. The van der Waals surface area contributed by atoms with Crippen molar-refractivity contribution in [3.63, 3.8) is 0 Å². The van der Waals surface area contributed by atoms with Crippen LogP contribution >= 0.6 is 0 Å². The van der Waals surface area contributed by atoms with Gasteiger partial charge in [-0.2, -0.15) is 0 Å². The lowest BCUT2D eigenvalue weighted by atomic mass is 10.3. The van der Waals surface area contributed by atoms with Gasteiger partial charge in [-0.3, -0.25) is 4.99 Å². The van der Waals surface area contributed by atoms with Crippen LogP contribution in [0.2, 0.25) is 0 Å². The number of nitrogens with zero attached hydrogens (tertiary/aromatic N) is 2. The monoisotopic (exact) mass is 289 g/mol. The molecular formula is C15H23N5O. The number of aromatic amines is 1. The van der Waals surface area contributed by atoms with E-state index in [2.05, 4.69) is 25.6 Å². The highest BCUT2D eigenvalue weighted by Gasteiger charge is 2.02. The molecule has 0 amide bonds. The molecule has 3 N–H and O–H groups in total. The molecule has 1 aromatic heterocycles. The van der Waals surface area contributed by atoms with Gasteiger partial charge in [-0.15, -0.1) is 0 Å². The minimum Gasteiger partial charge on any atom is -0.383 e. The maximum absolute atomic E-state index is 5.00. The molecule has 2 rings (SSSR count). The Bertz CT molecular complexity index is 545. The van der Waals surface area contributed by atoms with E-state index in [9.17, 15) is 0 Å². The number of hydrogen-bond donors (Lipinski definition) is 3. The molecule has 6 nitrogen and oxygen atoms in total. The molecule has 1 aromatic carbocycles. The van der Waals surface area contributed by atoms with Crippen LogP contribution in [0.1, 0.15) is 12.7 Å². The highest BCUT2D eigenvalue weighted by Crippen LogP contribution is 2.10. The molecule has 0 atom stereocenters. The summed E-state index contributed by atoms with van der Waals surface area (Å²) < 4.78 is 5.00. The Hall–Kier alpha value is -2.08. The summed E-state index contributed by atoms with van der Waals surface area (Å²) in [5.74, 6) is 1.79. The van der Waals surface area contributed by atoms with E-state index >= 15 is 0 Å². The van der Waals surface area contributed by atoms with Crippen LogP contribution in [0.5, 0.6) is 0 Å². The number of ether oxygens (including phenoxy) is 1. The van der Waals surface area contributed by atoms with Crippen molar-refractivity contribution in [2.24, 2.45) is 4.99 Å². The largest absolute Gasteiger partial charge is 0.383 e. The van der Waals surface area contributed by atoms with E-state index in [0.29, 0.717) is 13.2 Å². The topological polar surface area (TPSA) is 74.3 Å². The summed E-state index contributed by atoms with van der Waals surface area (Å²) in [6.07, 6.45) is 0.823. The third kappa shape index (κ3) is 4.75.